The van der Waals surface area contributed by atoms with Crippen molar-refractivity contribution in [2.75, 3.05) is 6.54 Å². The van der Waals surface area contributed by atoms with Crippen LogP contribution in [0, 0.1) is 11.3 Å². The van der Waals surface area contributed by atoms with Crippen molar-refractivity contribution < 1.29 is 0 Å². The quantitative estimate of drug-likeness (QED) is 0.576. The Labute approximate surface area is 99.7 Å². The zero-order chi connectivity index (χ0) is 11.4. The lowest BCUT2D eigenvalue weighted by atomic mass is 9.76. The van der Waals surface area contributed by atoms with Gasteiger partial charge in [0.1, 0.15) is 0 Å². The lowest BCUT2D eigenvalue weighted by Gasteiger charge is -2.32. The Morgan fingerprint density at radius 1 is 1.12 bits per heavy atom. The third kappa shape index (κ3) is 2.99. The van der Waals surface area contributed by atoms with E-state index in [4.69, 9.17) is 10.7 Å². The van der Waals surface area contributed by atoms with Gasteiger partial charge in [-0.2, -0.15) is 0 Å². The molecule has 2 nitrogen and oxygen atoms in total. The van der Waals surface area contributed by atoms with Crippen molar-refractivity contribution in [1.82, 2.24) is 0 Å². The van der Waals surface area contributed by atoms with Crippen molar-refractivity contribution in [1.29, 1.82) is 0 Å². The van der Waals surface area contributed by atoms with Crippen LogP contribution < -0.4 is 5.73 Å². The summed E-state index contributed by atoms with van der Waals surface area (Å²) >= 11 is 0. The molecular weight excluding hydrogens is 196 g/mol. The van der Waals surface area contributed by atoms with E-state index in [9.17, 15) is 0 Å². The van der Waals surface area contributed by atoms with E-state index in [0.717, 1.165) is 12.4 Å². The van der Waals surface area contributed by atoms with E-state index >= 15 is 0 Å². The second-order valence-electron chi connectivity index (χ2n) is 6.09. The Morgan fingerprint density at radius 3 is 2.38 bits per heavy atom. The molecule has 0 amide bonds. The first-order valence-corrected chi connectivity index (χ1v) is 6.99. The van der Waals surface area contributed by atoms with E-state index < -0.39 is 0 Å². The Bertz CT molecular complexity index is 245. The van der Waals surface area contributed by atoms with Gasteiger partial charge in [0.25, 0.3) is 0 Å². The Balaban J connectivity index is 1.86. The van der Waals surface area contributed by atoms with E-state index in [1.165, 1.54) is 57.8 Å². The van der Waals surface area contributed by atoms with E-state index in [1.807, 2.05) is 0 Å². The predicted octanol–water partition coefficient (Wildman–Crippen LogP) is 3.50. The van der Waals surface area contributed by atoms with Crippen molar-refractivity contribution in [3.8, 4) is 0 Å². The van der Waals surface area contributed by atoms with Crippen molar-refractivity contribution in [2.45, 2.75) is 64.7 Å². The number of rotatable bonds is 3. The van der Waals surface area contributed by atoms with Gasteiger partial charge in [0.2, 0.25) is 0 Å². The van der Waals surface area contributed by atoms with E-state index in [2.05, 4.69) is 6.92 Å². The lowest BCUT2D eigenvalue weighted by Crippen LogP contribution is -2.28. The number of nitrogens with two attached hydrogens (primary N) is 1. The van der Waals surface area contributed by atoms with Crippen LogP contribution in [0.2, 0.25) is 0 Å². The first kappa shape index (κ1) is 11.9. The minimum atomic E-state index is 0.446. The van der Waals surface area contributed by atoms with Crippen LogP contribution in [0.5, 0.6) is 0 Å². The number of amidine groups is 1. The summed E-state index contributed by atoms with van der Waals surface area (Å²) in [5.74, 6) is 1.55. The molecule has 0 aliphatic heterocycles. The molecule has 0 radical (unpaired) electrons. The number of nitrogens with zero attached hydrogens (tertiary/aromatic N) is 1. The Morgan fingerprint density at radius 2 is 1.75 bits per heavy atom. The summed E-state index contributed by atoms with van der Waals surface area (Å²) in [7, 11) is 0. The van der Waals surface area contributed by atoms with Crippen molar-refractivity contribution in [3.05, 3.63) is 0 Å². The molecule has 0 atom stereocenters. The molecule has 2 aliphatic rings. The van der Waals surface area contributed by atoms with Gasteiger partial charge in [-0.05, 0) is 31.1 Å². The van der Waals surface area contributed by atoms with Gasteiger partial charge in [0.05, 0.1) is 5.84 Å². The number of aliphatic imine (C=N–C) groups is 1. The third-order valence-corrected chi connectivity index (χ3v) is 4.48. The van der Waals surface area contributed by atoms with Crippen LogP contribution in [0.25, 0.3) is 0 Å². The summed E-state index contributed by atoms with van der Waals surface area (Å²) in [5, 5.41) is 0. The van der Waals surface area contributed by atoms with Gasteiger partial charge in [-0.25, -0.2) is 0 Å². The van der Waals surface area contributed by atoms with Gasteiger partial charge in [-0.3, -0.25) is 4.99 Å². The molecule has 0 unspecified atom stereocenters. The standard InChI is InChI=1S/C14H26N2/c1-14(9-5-2-6-10-14)11-16-13(15)12-7-3-4-8-12/h12H,2-11H2,1H3,(H2,15,16). The molecular formula is C14H26N2. The summed E-state index contributed by atoms with van der Waals surface area (Å²) < 4.78 is 0. The zero-order valence-corrected chi connectivity index (χ0v) is 10.7. The summed E-state index contributed by atoms with van der Waals surface area (Å²) in [5.41, 5.74) is 6.55. The Kier molecular flexibility index (Phi) is 3.88. The summed E-state index contributed by atoms with van der Waals surface area (Å²) in [6.45, 7) is 3.35. The zero-order valence-electron chi connectivity index (χ0n) is 10.7. The topological polar surface area (TPSA) is 38.4 Å². The summed E-state index contributed by atoms with van der Waals surface area (Å²) in [4.78, 5) is 4.70. The van der Waals surface area contributed by atoms with Crippen LogP contribution in [0.3, 0.4) is 0 Å². The molecule has 2 N–H and O–H groups in total. The second kappa shape index (κ2) is 5.20. The maximum absolute atomic E-state index is 6.11. The highest BCUT2D eigenvalue weighted by atomic mass is 14.9. The lowest BCUT2D eigenvalue weighted by molar-refractivity contribution is 0.226. The molecule has 0 heterocycles. The molecule has 92 valence electrons. The van der Waals surface area contributed by atoms with Crippen molar-refractivity contribution in [3.63, 3.8) is 0 Å². The monoisotopic (exact) mass is 222 g/mol. The molecule has 2 saturated carbocycles. The highest BCUT2D eigenvalue weighted by molar-refractivity contribution is 5.83. The van der Waals surface area contributed by atoms with Gasteiger partial charge in [-0.1, -0.05) is 39.0 Å². The maximum Gasteiger partial charge on any atom is 0.0968 e. The first-order chi connectivity index (χ1) is 7.70. The van der Waals surface area contributed by atoms with E-state index in [-0.39, 0.29) is 0 Å². The molecule has 0 aromatic rings. The third-order valence-electron chi connectivity index (χ3n) is 4.48. The van der Waals surface area contributed by atoms with Gasteiger partial charge in [-0.15, -0.1) is 0 Å². The number of hydrogen-bond acceptors (Lipinski definition) is 1. The van der Waals surface area contributed by atoms with E-state index in [0.29, 0.717) is 11.3 Å². The fourth-order valence-corrected chi connectivity index (χ4v) is 3.20. The fourth-order valence-electron chi connectivity index (χ4n) is 3.20. The molecule has 0 aromatic carbocycles. The SMILES string of the molecule is CC1(CN=C(N)C2CCCC2)CCCCC1. The molecule has 16 heavy (non-hydrogen) atoms. The van der Waals surface area contributed by atoms with Crippen LogP contribution in [0.1, 0.15) is 64.7 Å². The summed E-state index contributed by atoms with van der Waals surface area (Å²) in [6.07, 6.45) is 12.1. The van der Waals surface area contributed by atoms with Gasteiger partial charge in [0.15, 0.2) is 0 Å². The van der Waals surface area contributed by atoms with Crippen molar-refractivity contribution >= 4 is 5.84 Å². The predicted molar refractivity (Wildman–Crippen MR) is 69.6 cm³/mol. The van der Waals surface area contributed by atoms with Crippen molar-refractivity contribution in [2.24, 2.45) is 22.1 Å². The molecule has 2 fully saturated rings. The molecule has 0 saturated heterocycles. The second-order valence-corrected chi connectivity index (χ2v) is 6.09. The van der Waals surface area contributed by atoms with Gasteiger partial charge in [0, 0.05) is 12.5 Å². The molecule has 0 spiro atoms. The molecule has 2 rings (SSSR count). The van der Waals surface area contributed by atoms with Crippen LogP contribution in [0.15, 0.2) is 4.99 Å². The smallest absolute Gasteiger partial charge is 0.0968 e. The van der Waals surface area contributed by atoms with E-state index in [1.54, 1.807) is 0 Å². The average Bonchev–Trinajstić information content (AvgIpc) is 2.80. The average molecular weight is 222 g/mol. The van der Waals surface area contributed by atoms with Crippen LogP contribution in [0.4, 0.5) is 0 Å². The number of hydrogen-bond donors (Lipinski definition) is 1. The maximum atomic E-state index is 6.11. The highest BCUT2D eigenvalue weighted by Crippen LogP contribution is 2.36. The normalized spacial score (nSPS) is 27.2. The molecule has 2 aliphatic carbocycles. The van der Waals surface area contributed by atoms with Crippen LogP contribution in [-0.2, 0) is 0 Å². The van der Waals surface area contributed by atoms with Crippen LogP contribution >= 0.6 is 0 Å². The molecule has 0 bridgehead atoms. The van der Waals surface area contributed by atoms with Crippen LogP contribution in [-0.4, -0.2) is 12.4 Å². The fraction of sp³-hybridized carbons (Fsp3) is 0.929. The minimum Gasteiger partial charge on any atom is -0.387 e. The summed E-state index contributed by atoms with van der Waals surface area (Å²) in [6, 6.07) is 0. The minimum absolute atomic E-state index is 0.446. The highest BCUT2D eigenvalue weighted by Gasteiger charge is 2.27. The first-order valence-electron chi connectivity index (χ1n) is 6.99. The van der Waals surface area contributed by atoms with Gasteiger partial charge < -0.3 is 5.73 Å². The molecule has 2 heteroatoms. The Hall–Kier alpha value is -0.530. The van der Waals surface area contributed by atoms with Gasteiger partial charge >= 0.3 is 0 Å². The molecule has 0 aromatic heterocycles. The largest absolute Gasteiger partial charge is 0.387 e.